The van der Waals surface area contributed by atoms with Crippen molar-refractivity contribution in [2.24, 2.45) is 5.73 Å². The Bertz CT molecular complexity index is 510. The second-order valence-corrected chi connectivity index (χ2v) is 5.25. The van der Waals surface area contributed by atoms with Gasteiger partial charge in [0, 0.05) is 16.7 Å². The molecule has 0 bridgehead atoms. The monoisotopic (exact) mass is 313 g/mol. The van der Waals surface area contributed by atoms with E-state index in [9.17, 15) is 0 Å². The van der Waals surface area contributed by atoms with Crippen LogP contribution in [0.5, 0.6) is 0 Å². The highest BCUT2D eigenvalue weighted by molar-refractivity contribution is 9.10. The van der Waals surface area contributed by atoms with Gasteiger partial charge in [-0.3, -0.25) is 4.68 Å². The van der Waals surface area contributed by atoms with Gasteiger partial charge in [0.05, 0.1) is 17.3 Å². The fourth-order valence-corrected chi connectivity index (χ4v) is 2.51. The minimum atomic E-state index is -0.0651. The Labute approximate surface area is 114 Å². The summed E-state index contributed by atoms with van der Waals surface area (Å²) in [5, 5.41) is 4.85. The summed E-state index contributed by atoms with van der Waals surface area (Å²) in [5.74, 6) is 0. The van der Waals surface area contributed by atoms with E-state index in [2.05, 4.69) is 21.0 Å². The number of hydrogen-bond acceptors (Lipinski definition) is 2. The summed E-state index contributed by atoms with van der Waals surface area (Å²) in [6, 6.07) is 7.90. The van der Waals surface area contributed by atoms with E-state index in [1.54, 1.807) is 17.1 Å². The molecule has 5 heteroatoms. The van der Waals surface area contributed by atoms with Gasteiger partial charge in [-0.25, -0.2) is 0 Å². The van der Waals surface area contributed by atoms with Gasteiger partial charge in [0.2, 0.25) is 0 Å². The van der Waals surface area contributed by atoms with Crippen LogP contribution in [-0.4, -0.2) is 15.8 Å². The SMILES string of the molecule is CC(N)C(c1ccccc1Br)n1cc(Cl)cn1. The predicted molar refractivity (Wildman–Crippen MR) is 73.2 cm³/mol. The molecule has 17 heavy (non-hydrogen) atoms. The van der Waals surface area contributed by atoms with Gasteiger partial charge in [0.25, 0.3) is 0 Å². The van der Waals surface area contributed by atoms with Gasteiger partial charge >= 0.3 is 0 Å². The number of aromatic nitrogens is 2. The normalized spacial score (nSPS) is 14.6. The van der Waals surface area contributed by atoms with Gasteiger partial charge in [-0.1, -0.05) is 45.7 Å². The zero-order valence-corrected chi connectivity index (χ0v) is 11.7. The molecule has 0 aliphatic heterocycles. The van der Waals surface area contributed by atoms with Gasteiger partial charge < -0.3 is 5.73 Å². The molecule has 1 aromatic carbocycles. The van der Waals surface area contributed by atoms with Crippen molar-refractivity contribution >= 4 is 27.5 Å². The first-order chi connectivity index (χ1) is 8.09. The molecule has 0 fully saturated rings. The van der Waals surface area contributed by atoms with E-state index >= 15 is 0 Å². The van der Waals surface area contributed by atoms with Crippen molar-refractivity contribution < 1.29 is 0 Å². The molecule has 0 aliphatic rings. The van der Waals surface area contributed by atoms with Crippen LogP contribution in [0.4, 0.5) is 0 Å². The first kappa shape index (κ1) is 12.6. The molecular formula is C12H13BrClN3. The average molecular weight is 315 g/mol. The lowest BCUT2D eigenvalue weighted by atomic mass is 10.0. The van der Waals surface area contributed by atoms with Crippen molar-refractivity contribution in [3.8, 4) is 0 Å². The van der Waals surface area contributed by atoms with Crippen molar-refractivity contribution in [2.75, 3.05) is 0 Å². The van der Waals surface area contributed by atoms with Crippen LogP contribution in [0.3, 0.4) is 0 Å². The highest BCUT2D eigenvalue weighted by Crippen LogP contribution is 2.28. The molecule has 0 amide bonds. The number of nitrogens with zero attached hydrogens (tertiary/aromatic N) is 2. The van der Waals surface area contributed by atoms with E-state index in [0.29, 0.717) is 5.02 Å². The van der Waals surface area contributed by atoms with E-state index in [1.807, 2.05) is 31.2 Å². The van der Waals surface area contributed by atoms with Crippen LogP contribution in [0.25, 0.3) is 0 Å². The van der Waals surface area contributed by atoms with Gasteiger partial charge in [-0.2, -0.15) is 5.10 Å². The summed E-state index contributed by atoms with van der Waals surface area (Å²) in [6.45, 7) is 1.96. The molecule has 0 saturated carbocycles. The zero-order chi connectivity index (χ0) is 12.4. The summed E-state index contributed by atoms with van der Waals surface area (Å²) in [6.07, 6.45) is 3.41. The average Bonchev–Trinajstić information content (AvgIpc) is 2.68. The number of hydrogen-bond donors (Lipinski definition) is 1. The topological polar surface area (TPSA) is 43.8 Å². The fraction of sp³-hybridized carbons (Fsp3) is 0.250. The summed E-state index contributed by atoms with van der Waals surface area (Å²) < 4.78 is 2.82. The minimum absolute atomic E-state index is 0.0296. The van der Waals surface area contributed by atoms with Crippen molar-refractivity contribution in [1.29, 1.82) is 0 Å². The number of rotatable bonds is 3. The van der Waals surface area contributed by atoms with E-state index in [4.69, 9.17) is 17.3 Å². The van der Waals surface area contributed by atoms with Crippen molar-refractivity contribution in [1.82, 2.24) is 9.78 Å². The third-order valence-electron chi connectivity index (χ3n) is 2.58. The summed E-state index contributed by atoms with van der Waals surface area (Å²) in [4.78, 5) is 0. The van der Waals surface area contributed by atoms with Crippen molar-refractivity contribution in [2.45, 2.75) is 19.0 Å². The Morgan fingerprint density at radius 2 is 2.12 bits per heavy atom. The predicted octanol–water partition coefficient (Wildman–Crippen LogP) is 3.24. The van der Waals surface area contributed by atoms with Gasteiger partial charge in [0.15, 0.2) is 0 Å². The zero-order valence-electron chi connectivity index (χ0n) is 9.35. The molecule has 2 atom stereocenters. The Kier molecular flexibility index (Phi) is 3.86. The van der Waals surface area contributed by atoms with Crippen LogP contribution in [0.2, 0.25) is 5.02 Å². The van der Waals surface area contributed by atoms with E-state index in [0.717, 1.165) is 10.0 Å². The molecule has 0 saturated heterocycles. The Hall–Kier alpha value is -0.840. The Balaban J connectivity index is 2.47. The maximum absolute atomic E-state index is 6.05. The second kappa shape index (κ2) is 5.21. The molecule has 90 valence electrons. The van der Waals surface area contributed by atoms with E-state index < -0.39 is 0 Å². The van der Waals surface area contributed by atoms with Gasteiger partial charge in [-0.05, 0) is 18.6 Å². The molecule has 2 unspecified atom stereocenters. The molecule has 2 rings (SSSR count). The quantitative estimate of drug-likeness (QED) is 0.945. The number of nitrogens with two attached hydrogens (primary N) is 1. The van der Waals surface area contributed by atoms with E-state index in [-0.39, 0.29) is 12.1 Å². The standard InChI is InChI=1S/C12H13BrClN3/c1-8(15)12(17-7-9(14)6-16-17)10-4-2-3-5-11(10)13/h2-8,12H,15H2,1H3. The fourth-order valence-electron chi connectivity index (χ4n) is 1.85. The highest BCUT2D eigenvalue weighted by Gasteiger charge is 2.21. The third-order valence-corrected chi connectivity index (χ3v) is 3.49. The lowest BCUT2D eigenvalue weighted by molar-refractivity contribution is 0.452. The first-order valence-electron chi connectivity index (χ1n) is 5.29. The summed E-state index contributed by atoms with van der Waals surface area (Å²) in [5.41, 5.74) is 7.15. The highest BCUT2D eigenvalue weighted by atomic mass is 79.9. The van der Waals surface area contributed by atoms with Crippen LogP contribution in [0.1, 0.15) is 18.5 Å². The molecular weight excluding hydrogens is 302 g/mol. The molecule has 3 nitrogen and oxygen atoms in total. The molecule has 2 N–H and O–H groups in total. The molecule has 2 aromatic rings. The maximum atomic E-state index is 6.05. The summed E-state index contributed by atoms with van der Waals surface area (Å²) >= 11 is 9.44. The number of benzene rings is 1. The lowest BCUT2D eigenvalue weighted by Crippen LogP contribution is -2.30. The van der Waals surface area contributed by atoms with Crippen molar-refractivity contribution in [3.63, 3.8) is 0 Å². The largest absolute Gasteiger partial charge is 0.326 e. The Morgan fingerprint density at radius 1 is 1.41 bits per heavy atom. The van der Waals surface area contributed by atoms with E-state index in [1.165, 1.54) is 0 Å². The Morgan fingerprint density at radius 3 is 2.65 bits per heavy atom. The molecule has 0 spiro atoms. The van der Waals surface area contributed by atoms with Gasteiger partial charge in [0.1, 0.15) is 0 Å². The van der Waals surface area contributed by atoms with Crippen LogP contribution < -0.4 is 5.73 Å². The number of halogens is 2. The maximum Gasteiger partial charge on any atom is 0.0928 e. The first-order valence-corrected chi connectivity index (χ1v) is 6.46. The van der Waals surface area contributed by atoms with Crippen LogP contribution in [0, 0.1) is 0 Å². The van der Waals surface area contributed by atoms with Crippen LogP contribution in [0.15, 0.2) is 41.1 Å². The smallest absolute Gasteiger partial charge is 0.0928 e. The molecule has 1 heterocycles. The third kappa shape index (κ3) is 2.70. The summed E-state index contributed by atoms with van der Waals surface area (Å²) in [7, 11) is 0. The van der Waals surface area contributed by atoms with Gasteiger partial charge in [-0.15, -0.1) is 0 Å². The van der Waals surface area contributed by atoms with Crippen LogP contribution >= 0.6 is 27.5 Å². The second-order valence-electron chi connectivity index (χ2n) is 3.96. The minimum Gasteiger partial charge on any atom is -0.326 e. The molecule has 0 radical (unpaired) electrons. The molecule has 1 aromatic heterocycles. The van der Waals surface area contributed by atoms with Crippen molar-refractivity contribution in [3.05, 3.63) is 51.7 Å². The molecule has 0 aliphatic carbocycles. The lowest BCUT2D eigenvalue weighted by Gasteiger charge is -2.22. The van der Waals surface area contributed by atoms with Crippen LogP contribution in [-0.2, 0) is 0 Å².